The summed E-state index contributed by atoms with van der Waals surface area (Å²) in [4.78, 5) is 19.2. The Morgan fingerprint density at radius 3 is 1.71 bits per heavy atom. The van der Waals surface area contributed by atoms with Gasteiger partial charge >= 0.3 is 11.9 Å². The Kier molecular flexibility index (Phi) is 13.0. The molecular formula is C8H18N2O4. The van der Waals surface area contributed by atoms with Crippen LogP contribution in [0, 0.1) is 0 Å². The summed E-state index contributed by atoms with van der Waals surface area (Å²) < 4.78 is 0. The van der Waals surface area contributed by atoms with Gasteiger partial charge in [-0.05, 0) is 19.4 Å². The van der Waals surface area contributed by atoms with Crippen LogP contribution in [-0.4, -0.2) is 35.2 Å². The van der Waals surface area contributed by atoms with Gasteiger partial charge in [0.05, 0.1) is 6.54 Å². The van der Waals surface area contributed by atoms with E-state index in [9.17, 15) is 9.59 Å². The first-order valence-electron chi connectivity index (χ1n) is 4.38. The minimum Gasteiger partial charge on any atom is -0.481 e. The highest BCUT2D eigenvalue weighted by molar-refractivity contribution is 5.68. The highest BCUT2D eigenvalue weighted by Crippen LogP contribution is 1.97. The molecule has 6 heteroatoms. The van der Waals surface area contributed by atoms with Crippen molar-refractivity contribution in [2.24, 2.45) is 11.5 Å². The molecule has 0 heterocycles. The maximum absolute atomic E-state index is 9.93. The van der Waals surface area contributed by atoms with Gasteiger partial charge in [-0.2, -0.15) is 0 Å². The van der Waals surface area contributed by atoms with Crippen LogP contribution in [0.2, 0.25) is 0 Å². The van der Waals surface area contributed by atoms with Crippen molar-refractivity contribution in [1.29, 1.82) is 0 Å². The fourth-order valence-corrected chi connectivity index (χ4v) is 0.597. The molecule has 0 aromatic heterocycles. The lowest BCUT2D eigenvalue weighted by Gasteiger charge is -1.93. The number of carbonyl (C=O) groups is 2. The number of unbranched alkanes of at least 4 members (excludes halogenated alkanes) is 2. The second-order valence-corrected chi connectivity index (χ2v) is 2.59. The van der Waals surface area contributed by atoms with E-state index in [1.54, 1.807) is 0 Å². The summed E-state index contributed by atoms with van der Waals surface area (Å²) in [5, 5.41) is 15.8. The van der Waals surface area contributed by atoms with Gasteiger partial charge in [0.15, 0.2) is 0 Å². The quantitative estimate of drug-likeness (QED) is 0.439. The smallest absolute Gasteiger partial charge is 0.317 e. The fourth-order valence-electron chi connectivity index (χ4n) is 0.597. The Balaban J connectivity index is 0. The van der Waals surface area contributed by atoms with Crippen molar-refractivity contribution in [3.05, 3.63) is 0 Å². The molecular weight excluding hydrogens is 188 g/mol. The van der Waals surface area contributed by atoms with Crippen LogP contribution in [0.3, 0.4) is 0 Å². The van der Waals surface area contributed by atoms with Crippen LogP contribution in [-0.2, 0) is 9.59 Å². The molecule has 14 heavy (non-hydrogen) atoms. The maximum atomic E-state index is 9.93. The van der Waals surface area contributed by atoms with Crippen molar-refractivity contribution in [3.8, 4) is 0 Å². The van der Waals surface area contributed by atoms with Crippen LogP contribution in [0.4, 0.5) is 0 Å². The second-order valence-electron chi connectivity index (χ2n) is 2.59. The van der Waals surface area contributed by atoms with E-state index < -0.39 is 11.9 Å². The molecule has 0 aliphatic heterocycles. The van der Waals surface area contributed by atoms with E-state index in [1.165, 1.54) is 0 Å². The number of carboxylic acids is 2. The van der Waals surface area contributed by atoms with E-state index in [4.69, 9.17) is 15.9 Å². The van der Waals surface area contributed by atoms with Crippen molar-refractivity contribution < 1.29 is 19.8 Å². The predicted octanol–water partition coefficient (Wildman–Crippen LogP) is -0.380. The van der Waals surface area contributed by atoms with Crippen LogP contribution in [0.25, 0.3) is 0 Å². The first-order chi connectivity index (χ1) is 6.54. The lowest BCUT2D eigenvalue weighted by Crippen LogP contribution is -2.10. The molecule has 0 unspecified atom stereocenters. The van der Waals surface area contributed by atoms with Gasteiger partial charge < -0.3 is 21.7 Å². The first kappa shape index (κ1) is 15.3. The lowest BCUT2D eigenvalue weighted by molar-refractivity contribution is -0.137. The second kappa shape index (κ2) is 11.9. The molecule has 6 N–H and O–H groups in total. The summed E-state index contributed by atoms with van der Waals surface area (Å²) in [5.41, 5.74) is 9.77. The van der Waals surface area contributed by atoms with Gasteiger partial charge in [0.1, 0.15) is 0 Å². The zero-order valence-electron chi connectivity index (χ0n) is 8.11. The summed E-state index contributed by atoms with van der Waals surface area (Å²) in [6.45, 7) is 0.389. The predicted molar refractivity (Wildman–Crippen MR) is 51.8 cm³/mol. The van der Waals surface area contributed by atoms with Crippen molar-refractivity contribution in [2.75, 3.05) is 13.1 Å². The number of rotatable bonds is 6. The van der Waals surface area contributed by atoms with Gasteiger partial charge in [-0.15, -0.1) is 0 Å². The number of carboxylic acid groups (broad SMARTS) is 2. The van der Waals surface area contributed by atoms with Crippen molar-refractivity contribution >= 4 is 11.9 Å². The van der Waals surface area contributed by atoms with Gasteiger partial charge in [-0.3, -0.25) is 9.59 Å². The Morgan fingerprint density at radius 2 is 1.43 bits per heavy atom. The lowest BCUT2D eigenvalue weighted by atomic mass is 10.2. The van der Waals surface area contributed by atoms with Crippen molar-refractivity contribution in [2.45, 2.75) is 25.7 Å². The molecule has 0 aromatic carbocycles. The van der Waals surface area contributed by atoms with Crippen LogP contribution in [0.15, 0.2) is 0 Å². The molecule has 0 saturated carbocycles. The average Bonchev–Trinajstić information content (AvgIpc) is 2.13. The van der Waals surface area contributed by atoms with Gasteiger partial charge in [-0.1, -0.05) is 6.42 Å². The van der Waals surface area contributed by atoms with Crippen LogP contribution < -0.4 is 11.5 Å². The molecule has 0 rings (SSSR count). The zero-order chi connectivity index (χ0) is 11.4. The highest BCUT2D eigenvalue weighted by Gasteiger charge is 1.94. The number of hydrogen-bond acceptors (Lipinski definition) is 4. The molecule has 0 spiro atoms. The van der Waals surface area contributed by atoms with Crippen LogP contribution in [0.1, 0.15) is 25.7 Å². The summed E-state index contributed by atoms with van der Waals surface area (Å²) in [6, 6.07) is 0. The molecule has 0 aliphatic rings. The number of hydrogen-bond donors (Lipinski definition) is 4. The maximum Gasteiger partial charge on any atom is 0.317 e. The van der Waals surface area contributed by atoms with Gasteiger partial charge in [0.2, 0.25) is 0 Å². The largest absolute Gasteiger partial charge is 0.481 e. The molecule has 0 fully saturated rings. The molecule has 0 saturated heterocycles. The third kappa shape index (κ3) is 22.4. The zero-order valence-corrected chi connectivity index (χ0v) is 8.11. The third-order valence-corrected chi connectivity index (χ3v) is 1.27. The number of nitrogens with two attached hydrogens (primary N) is 2. The molecule has 0 amide bonds. The molecule has 0 atom stereocenters. The minimum atomic E-state index is -0.968. The van der Waals surface area contributed by atoms with E-state index in [-0.39, 0.29) is 13.0 Å². The molecule has 6 nitrogen and oxygen atoms in total. The van der Waals surface area contributed by atoms with E-state index >= 15 is 0 Å². The Morgan fingerprint density at radius 1 is 0.929 bits per heavy atom. The summed E-state index contributed by atoms with van der Waals surface area (Å²) in [7, 11) is 0. The van der Waals surface area contributed by atoms with Gasteiger partial charge in [0, 0.05) is 6.42 Å². The summed E-state index contributed by atoms with van der Waals surface area (Å²) >= 11 is 0. The third-order valence-electron chi connectivity index (χ3n) is 1.27. The van der Waals surface area contributed by atoms with E-state index in [0.29, 0.717) is 6.54 Å². The molecule has 84 valence electrons. The molecule has 0 aromatic rings. The van der Waals surface area contributed by atoms with E-state index in [2.05, 4.69) is 5.73 Å². The summed E-state index contributed by atoms with van der Waals surface area (Å²) in [5.74, 6) is -1.68. The van der Waals surface area contributed by atoms with Gasteiger partial charge in [-0.25, -0.2) is 0 Å². The van der Waals surface area contributed by atoms with E-state index in [0.717, 1.165) is 19.3 Å². The standard InChI is InChI=1S/C6H13NO2.C2H5NO2/c7-5-3-1-2-4-6(8)9;3-1-2(4)5/h1-5,7H2,(H,8,9);1,3H2,(H,4,5). The number of aliphatic carboxylic acids is 2. The molecule has 0 radical (unpaired) electrons. The van der Waals surface area contributed by atoms with Gasteiger partial charge in [0.25, 0.3) is 0 Å². The normalized spacial score (nSPS) is 8.71. The van der Waals surface area contributed by atoms with Crippen LogP contribution in [0.5, 0.6) is 0 Å². The SMILES string of the molecule is NCC(=O)O.NCCCCCC(=O)O. The Labute approximate surface area is 82.9 Å². The van der Waals surface area contributed by atoms with E-state index in [1.807, 2.05) is 0 Å². The Hall–Kier alpha value is -1.14. The first-order valence-corrected chi connectivity index (χ1v) is 4.38. The Bertz CT molecular complexity index is 161. The molecule has 0 aliphatic carbocycles. The fraction of sp³-hybridized carbons (Fsp3) is 0.750. The highest BCUT2D eigenvalue weighted by atomic mass is 16.4. The summed E-state index contributed by atoms with van der Waals surface area (Å²) in [6.07, 6.45) is 2.91. The minimum absolute atomic E-state index is 0.278. The molecule has 0 bridgehead atoms. The van der Waals surface area contributed by atoms with Crippen molar-refractivity contribution in [3.63, 3.8) is 0 Å². The topological polar surface area (TPSA) is 127 Å². The monoisotopic (exact) mass is 206 g/mol. The van der Waals surface area contributed by atoms with Crippen LogP contribution >= 0.6 is 0 Å². The average molecular weight is 206 g/mol. The van der Waals surface area contributed by atoms with Crippen molar-refractivity contribution in [1.82, 2.24) is 0 Å².